The van der Waals surface area contributed by atoms with Crippen molar-refractivity contribution >= 4 is 28.4 Å². The van der Waals surface area contributed by atoms with Gasteiger partial charge in [0.25, 0.3) is 0 Å². The minimum absolute atomic E-state index is 0. The SMILES string of the molecule is C.C.COc1cc(CC[C@H]2[C@@H](C)CC[C@H]3C(C)(C)CCC[C@]23C)cc(OC)c1.COc1cc(OC)cc(C(C[C@H]2[C@@H](C)CC[C@H]3C(C)(C)CCC[C@]23C)OC(=S)SC)c1.COc1cc(OC)cc(C(O)C[C@H]2[C@@H](C)CC[C@H]3C(C)(C)CCC[C@]23C)c1. The second kappa shape index (κ2) is 30.6. The number of hydrogen-bond donors (Lipinski definition) is 1. The number of aryl methyl sites for hydroxylation is 1. The Morgan fingerprint density at radius 2 is 0.802 bits per heavy atom. The average Bonchev–Trinajstić information content (AvgIpc) is 1.19. The average molecular weight is 1230 g/mol. The van der Waals surface area contributed by atoms with Gasteiger partial charge in [0, 0.05) is 18.2 Å². The number of hydrogen-bond acceptors (Lipinski definition) is 10. The zero-order chi connectivity index (χ0) is 61.6. The lowest BCUT2D eigenvalue weighted by atomic mass is 9.46. The number of rotatable bonds is 16. The van der Waals surface area contributed by atoms with Gasteiger partial charge in [-0.05, 0) is 241 Å². The van der Waals surface area contributed by atoms with Crippen LogP contribution in [-0.2, 0) is 11.2 Å². The molecule has 0 heterocycles. The molecule has 6 aliphatic carbocycles. The van der Waals surface area contributed by atoms with Crippen LogP contribution >= 0.6 is 24.0 Å². The van der Waals surface area contributed by atoms with E-state index < -0.39 is 6.10 Å². The first-order valence-electron chi connectivity index (χ1n) is 32.8. The normalized spacial score (nSPS) is 31.8. The Morgan fingerprint density at radius 3 is 1.16 bits per heavy atom. The smallest absolute Gasteiger partial charge is 0.220 e. The van der Waals surface area contributed by atoms with Crippen LogP contribution in [0.15, 0.2) is 54.6 Å². The molecule has 0 spiro atoms. The molecule has 488 valence electrons. The van der Waals surface area contributed by atoms with Gasteiger partial charge in [0.2, 0.25) is 4.38 Å². The standard InChI is InChI=1S/C26H40O3S2.C24H38O3.C24H38O2.2CH4/c1-17-9-10-23-25(2,3)11-8-12-26(23,4)21(17)16-22(29-24(30)31-7)18-13-19(27-5)15-20(14-18)28-6;1-16-8-9-22-23(2,3)10-7-11-24(22,4)20(16)15-21(25)17-12-18(26-5)14-19(13-17)27-6;1-17-8-11-22-23(2,3)12-7-13-24(22,4)21(17)10-9-18-14-19(25-5)16-20(15-18)26-6;;/h13-15,17,21-23H,8-12,16H2,1-7H3;12-14,16,20-22,25H,7-11,15H2,1-6H3;14-17,21-22H,7-13H2,1-6H3;2*1H4/t17-,21-,22?,23-,26+;16-,20-,21?,22-,24+;17-,21-,22-,24+;;/m000../s1. The van der Waals surface area contributed by atoms with Crippen LogP contribution in [0.4, 0.5) is 0 Å². The summed E-state index contributed by atoms with van der Waals surface area (Å²) in [6.45, 7) is 30.0. The van der Waals surface area contributed by atoms with Crippen molar-refractivity contribution in [3.05, 3.63) is 71.3 Å². The molecule has 6 aliphatic rings. The molecular weight excluding hydrogens is 1100 g/mol. The van der Waals surface area contributed by atoms with E-state index in [1.165, 1.54) is 120 Å². The van der Waals surface area contributed by atoms with Crippen LogP contribution < -0.4 is 28.4 Å². The van der Waals surface area contributed by atoms with Crippen LogP contribution in [0.25, 0.3) is 0 Å². The number of methoxy groups -OCH3 is 6. The van der Waals surface area contributed by atoms with E-state index in [1.54, 1.807) is 42.7 Å². The van der Waals surface area contributed by atoms with Crippen molar-refractivity contribution in [3.63, 3.8) is 0 Å². The second-order valence-electron chi connectivity index (χ2n) is 30.3. The lowest BCUT2D eigenvalue weighted by Crippen LogP contribution is -2.51. The predicted octanol–water partition coefficient (Wildman–Crippen LogP) is 21.5. The molecule has 3 aromatic carbocycles. The molecule has 3 aromatic rings. The molecule has 2 unspecified atom stereocenters. The highest BCUT2D eigenvalue weighted by Gasteiger charge is 2.56. The van der Waals surface area contributed by atoms with Gasteiger partial charge in [-0.2, -0.15) is 0 Å². The second-order valence-corrected chi connectivity index (χ2v) is 31.7. The number of fused-ring (bicyclic) bond motifs is 3. The molecule has 0 radical (unpaired) electrons. The molecule has 10 heteroatoms. The van der Waals surface area contributed by atoms with Gasteiger partial charge < -0.3 is 38.3 Å². The Labute approximate surface area is 536 Å². The lowest BCUT2D eigenvalue weighted by Gasteiger charge is -2.59. The minimum Gasteiger partial charge on any atom is -0.497 e. The summed E-state index contributed by atoms with van der Waals surface area (Å²) in [7, 11) is 10.2. The fourth-order valence-corrected chi connectivity index (χ4v) is 20.2. The number of benzene rings is 3. The molecular formula is C76H124O8S2. The summed E-state index contributed by atoms with van der Waals surface area (Å²) in [6.07, 6.45) is 25.8. The third-order valence-corrected chi connectivity index (χ3v) is 25.2. The molecule has 9 rings (SSSR count). The number of thioether (sulfide) groups is 1. The summed E-state index contributed by atoms with van der Waals surface area (Å²) in [5, 5.41) is 11.2. The molecule has 8 nitrogen and oxygen atoms in total. The van der Waals surface area contributed by atoms with Crippen molar-refractivity contribution in [1.29, 1.82) is 0 Å². The van der Waals surface area contributed by atoms with Gasteiger partial charge >= 0.3 is 0 Å². The van der Waals surface area contributed by atoms with Gasteiger partial charge in [-0.1, -0.05) is 148 Å². The van der Waals surface area contributed by atoms with E-state index in [-0.39, 0.29) is 21.0 Å². The molecule has 0 saturated heterocycles. The molecule has 0 bridgehead atoms. The topological polar surface area (TPSA) is 84.8 Å². The van der Waals surface area contributed by atoms with Crippen LogP contribution in [0.5, 0.6) is 34.5 Å². The minimum atomic E-state index is -0.484. The van der Waals surface area contributed by atoms with E-state index in [4.69, 9.17) is 45.4 Å². The summed E-state index contributed by atoms with van der Waals surface area (Å²) in [5.41, 5.74) is 5.82. The number of thiocarbonyl (C=S) groups is 1. The molecule has 1 N–H and O–H groups in total. The van der Waals surface area contributed by atoms with Crippen LogP contribution in [0.3, 0.4) is 0 Å². The first-order chi connectivity index (χ1) is 39.6. The van der Waals surface area contributed by atoms with Crippen LogP contribution in [-0.4, -0.2) is 58.4 Å². The molecule has 86 heavy (non-hydrogen) atoms. The van der Waals surface area contributed by atoms with Crippen LogP contribution in [0.2, 0.25) is 0 Å². The van der Waals surface area contributed by atoms with Gasteiger partial charge in [-0.3, -0.25) is 0 Å². The molecule has 6 fully saturated rings. The van der Waals surface area contributed by atoms with Gasteiger partial charge in [-0.15, -0.1) is 0 Å². The van der Waals surface area contributed by atoms with Gasteiger partial charge in [0.1, 0.15) is 40.6 Å². The third kappa shape index (κ3) is 16.4. The quantitative estimate of drug-likeness (QED) is 0.140. The molecule has 0 aromatic heterocycles. The van der Waals surface area contributed by atoms with Gasteiger partial charge in [-0.25, -0.2) is 0 Å². The summed E-state index contributed by atoms with van der Waals surface area (Å²) >= 11 is 7.01. The molecule has 0 amide bonds. The fourth-order valence-electron chi connectivity index (χ4n) is 19.8. The molecule has 6 saturated carbocycles. The van der Waals surface area contributed by atoms with E-state index in [9.17, 15) is 5.11 Å². The van der Waals surface area contributed by atoms with Gasteiger partial charge in [0.15, 0.2) is 0 Å². The monoisotopic (exact) mass is 1230 g/mol. The van der Waals surface area contributed by atoms with Crippen LogP contribution in [0.1, 0.15) is 242 Å². The fraction of sp³-hybridized carbons (Fsp3) is 0.750. The highest BCUT2D eigenvalue weighted by atomic mass is 32.2. The third-order valence-electron chi connectivity index (χ3n) is 24.2. The summed E-state index contributed by atoms with van der Waals surface area (Å²) < 4.78 is 39.8. The van der Waals surface area contributed by atoms with Crippen molar-refractivity contribution in [2.24, 2.45) is 85.8 Å². The first-order valence-corrected chi connectivity index (χ1v) is 34.4. The summed E-state index contributed by atoms with van der Waals surface area (Å²) in [5.74, 6) is 11.4. The lowest BCUT2D eigenvalue weighted by molar-refractivity contribution is -0.106. The maximum absolute atomic E-state index is 11.2. The van der Waals surface area contributed by atoms with Crippen molar-refractivity contribution in [1.82, 2.24) is 0 Å². The van der Waals surface area contributed by atoms with Gasteiger partial charge in [0.05, 0.1) is 48.8 Å². The van der Waals surface area contributed by atoms with E-state index in [0.29, 0.717) is 60.5 Å². The van der Waals surface area contributed by atoms with Crippen molar-refractivity contribution in [3.8, 4) is 34.5 Å². The number of aliphatic hydroxyl groups excluding tert-OH is 1. The maximum Gasteiger partial charge on any atom is 0.220 e. The number of aliphatic hydroxyl groups is 1. The Kier molecular flexibility index (Phi) is 26.2. The van der Waals surface area contributed by atoms with E-state index in [2.05, 4.69) is 107 Å². The Bertz CT molecular complexity index is 2550. The Hall–Kier alpha value is -3.34. The highest BCUT2D eigenvalue weighted by Crippen LogP contribution is 2.65. The largest absolute Gasteiger partial charge is 0.497 e. The van der Waals surface area contributed by atoms with Crippen molar-refractivity contribution in [2.45, 2.75) is 232 Å². The maximum atomic E-state index is 11.2. The van der Waals surface area contributed by atoms with E-state index >= 15 is 0 Å². The van der Waals surface area contributed by atoms with E-state index in [1.807, 2.05) is 36.6 Å². The van der Waals surface area contributed by atoms with Crippen molar-refractivity contribution in [2.75, 3.05) is 48.9 Å². The highest BCUT2D eigenvalue weighted by molar-refractivity contribution is 8.22. The Balaban J connectivity index is 0.000000234. The van der Waals surface area contributed by atoms with Crippen LogP contribution in [0, 0.1) is 85.8 Å². The summed E-state index contributed by atoms with van der Waals surface area (Å²) in [6, 6.07) is 18.2. The molecule has 0 aliphatic heterocycles. The first kappa shape index (κ1) is 73.4. The molecule has 14 atom stereocenters. The van der Waals surface area contributed by atoms with E-state index in [0.717, 1.165) is 94.5 Å². The number of ether oxygens (including phenoxy) is 7. The predicted molar refractivity (Wildman–Crippen MR) is 368 cm³/mol. The van der Waals surface area contributed by atoms with Crippen molar-refractivity contribution < 1.29 is 38.3 Å². The Morgan fingerprint density at radius 1 is 0.477 bits per heavy atom. The zero-order valence-corrected chi connectivity index (χ0v) is 57.7. The zero-order valence-electron chi connectivity index (χ0n) is 56.1. The summed E-state index contributed by atoms with van der Waals surface area (Å²) in [4.78, 5) is 0.